The van der Waals surface area contributed by atoms with E-state index in [0.717, 1.165) is 24.0 Å². The maximum absolute atomic E-state index is 14.0. The minimum Gasteiger partial charge on any atom is -0.464 e. The zero-order chi connectivity index (χ0) is 19.4. The summed E-state index contributed by atoms with van der Waals surface area (Å²) in [6.45, 7) is 0. The average Bonchev–Trinajstić information content (AvgIpc) is 3.24. The molecule has 0 bridgehead atoms. The Morgan fingerprint density at radius 1 is 1.41 bits per heavy atom. The van der Waals surface area contributed by atoms with Crippen LogP contribution in [-0.2, 0) is 11.2 Å². The molecule has 4 rings (SSSR count). The van der Waals surface area contributed by atoms with Gasteiger partial charge >= 0.3 is 12.1 Å². The van der Waals surface area contributed by atoms with Crippen LogP contribution in [0.2, 0.25) is 0 Å². The van der Waals surface area contributed by atoms with Gasteiger partial charge in [0.25, 0.3) is 5.72 Å². The Hall–Kier alpha value is -2.46. The lowest BCUT2D eigenvalue weighted by atomic mass is 9.77. The number of hydrogen-bond acceptors (Lipinski definition) is 7. The highest BCUT2D eigenvalue weighted by atomic mass is 32.1. The summed E-state index contributed by atoms with van der Waals surface area (Å²) < 4.78 is 46.5. The van der Waals surface area contributed by atoms with Gasteiger partial charge in [0.2, 0.25) is 5.13 Å². The summed E-state index contributed by atoms with van der Waals surface area (Å²) in [5.41, 5.74) is -1.73. The molecule has 142 valence electrons. The van der Waals surface area contributed by atoms with E-state index in [2.05, 4.69) is 14.8 Å². The number of methoxy groups -OCH3 is 1. The molecule has 0 unspecified atom stereocenters. The van der Waals surface area contributed by atoms with Crippen molar-refractivity contribution in [2.75, 3.05) is 12.1 Å². The minimum atomic E-state index is -4.98. The fourth-order valence-electron chi connectivity index (χ4n) is 3.53. The van der Waals surface area contributed by atoms with E-state index in [4.69, 9.17) is 0 Å². The third kappa shape index (κ3) is 2.54. The van der Waals surface area contributed by atoms with E-state index in [1.165, 1.54) is 5.38 Å². The summed E-state index contributed by atoms with van der Waals surface area (Å²) in [7, 11) is 1.15. The van der Waals surface area contributed by atoms with Gasteiger partial charge in [-0.05, 0) is 18.4 Å². The van der Waals surface area contributed by atoms with E-state index >= 15 is 0 Å². The average molecular weight is 397 g/mol. The number of anilines is 1. The van der Waals surface area contributed by atoms with Crippen molar-refractivity contribution in [3.05, 3.63) is 46.5 Å². The van der Waals surface area contributed by atoms with Crippen molar-refractivity contribution in [3.8, 4) is 0 Å². The molecular weight excluding hydrogens is 383 g/mol. The van der Waals surface area contributed by atoms with E-state index in [0.29, 0.717) is 17.0 Å². The molecule has 2 atom stereocenters. The molecular formula is C17H14F3N3O3S. The van der Waals surface area contributed by atoms with Crippen LogP contribution in [0.1, 0.15) is 28.0 Å². The van der Waals surface area contributed by atoms with Crippen LogP contribution in [0.4, 0.5) is 18.3 Å². The number of hydrazone groups is 1. The Bertz CT molecular complexity index is 943. The molecule has 1 aliphatic heterocycles. The molecule has 2 aliphatic rings. The summed E-state index contributed by atoms with van der Waals surface area (Å²) in [6, 6.07) is 7.06. The van der Waals surface area contributed by atoms with Gasteiger partial charge in [0.1, 0.15) is 0 Å². The SMILES string of the molecule is COC(=O)c1csc(N2N=C3c4ccccc4CC[C@H]3[C@]2(O)C(F)(F)F)n1. The third-order valence-electron chi connectivity index (χ3n) is 4.83. The smallest absolute Gasteiger partial charge is 0.439 e. The van der Waals surface area contributed by atoms with Crippen LogP contribution < -0.4 is 5.01 Å². The van der Waals surface area contributed by atoms with Crippen LogP contribution in [0, 0.1) is 5.92 Å². The van der Waals surface area contributed by atoms with Crippen molar-refractivity contribution in [2.24, 2.45) is 11.0 Å². The molecule has 10 heteroatoms. The van der Waals surface area contributed by atoms with Crippen LogP contribution in [0.5, 0.6) is 0 Å². The van der Waals surface area contributed by atoms with Gasteiger partial charge in [0.15, 0.2) is 5.69 Å². The summed E-state index contributed by atoms with van der Waals surface area (Å²) in [4.78, 5) is 15.5. The molecule has 2 aromatic rings. The highest BCUT2D eigenvalue weighted by Crippen LogP contribution is 2.50. The van der Waals surface area contributed by atoms with Crippen LogP contribution in [0.15, 0.2) is 34.7 Å². The van der Waals surface area contributed by atoms with Gasteiger partial charge in [-0.2, -0.15) is 23.3 Å². The zero-order valence-corrected chi connectivity index (χ0v) is 14.8. The first-order chi connectivity index (χ1) is 12.8. The Morgan fingerprint density at radius 3 is 2.85 bits per heavy atom. The van der Waals surface area contributed by atoms with Crippen LogP contribution >= 0.6 is 11.3 Å². The monoisotopic (exact) mass is 397 g/mol. The first-order valence-electron chi connectivity index (χ1n) is 8.07. The van der Waals surface area contributed by atoms with E-state index in [1.807, 2.05) is 12.1 Å². The quantitative estimate of drug-likeness (QED) is 0.789. The maximum Gasteiger partial charge on any atom is 0.439 e. The number of aliphatic hydroxyl groups is 1. The number of carbonyl (C=O) groups is 1. The largest absolute Gasteiger partial charge is 0.464 e. The van der Waals surface area contributed by atoms with Gasteiger partial charge in [-0.15, -0.1) is 11.3 Å². The fraction of sp³-hybridized carbons (Fsp3) is 0.353. The molecule has 1 N–H and O–H groups in total. The lowest BCUT2D eigenvalue weighted by molar-refractivity contribution is -0.268. The summed E-state index contributed by atoms with van der Waals surface area (Å²) >= 11 is 0.783. The van der Waals surface area contributed by atoms with Crippen molar-refractivity contribution < 1.29 is 27.8 Å². The minimum absolute atomic E-state index is 0.0948. The second-order valence-corrected chi connectivity index (χ2v) is 7.11. The highest BCUT2D eigenvalue weighted by Gasteiger charge is 2.68. The number of alkyl halides is 3. The first-order valence-corrected chi connectivity index (χ1v) is 8.95. The molecule has 27 heavy (non-hydrogen) atoms. The van der Waals surface area contributed by atoms with Gasteiger partial charge in [-0.25, -0.2) is 9.78 Å². The van der Waals surface area contributed by atoms with Crippen LogP contribution in [0.25, 0.3) is 0 Å². The number of halogens is 3. The number of aryl methyl sites for hydroxylation is 1. The lowest BCUT2D eigenvalue weighted by Crippen LogP contribution is -2.60. The number of esters is 1. The molecule has 0 amide bonds. The third-order valence-corrected chi connectivity index (χ3v) is 5.64. The molecule has 6 nitrogen and oxygen atoms in total. The maximum atomic E-state index is 14.0. The van der Waals surface area contributed by atoms with Gasteiger partial charge in [-0.3, -0.25) is 0 Å². The molecule has 1 aromatic carbocycles. The second kappa shape index (κ2) is 6.03. The zero-order valence-electron chi connectivity index (χ0n) is 14.0. The van der Waals surface area contributed by atoms with Crippen molar-refractivity contribution in [2.45, 2.75) is 24.7 Å². The molecule has 0 spiro atoms. The molecule has 0 radical (unpaired) electrons. The van der Waals surface area contributed by atoms with Gasteiger partial charge in [-0.1, -0.05) is 24.3 Å². The van der Waals surface area contributed by atoms with Crippen molar-refractivity contribution in [3.63, 3.8) is 0 Å². The number of rotatable bonds is 2. The molecule has 1 aliphatic carbocycles. The van der Waals surface area contributed by atoms with Crippen molar-refractivity contribution in [1.29, 1.82) is 0 Å². The van der Waals surface area contributed by atoms with E-state index in [-0.39, 0.29) is 23.0 Å². The van der Waals surface area contributed by atoms with Crippen molar-refractivity contribution >= 4 is 28.1 Å². The molecule has 0 saturated heterocycles. The number of carbonyl (C=O) groups excluding carboxylic acids is 1. The van der Waals surface area contributed by atoms with E-state index < -0.39 is 23.8 Å². The molecule has 0 fully saturated rings. The van der Waals surface area contributed by atoms with Crippen LogP contribution in [0.3, 0.4) is 0 Å². The van der Waals surface area contributed by atoms with Gasteiger partial charge in [0.05, 0.1) is 18.7 Å². The Kier molecular flexibility index (Phi) is 4.00. The number of hydrogen-bond donors (Lipinski definition) is 1. The molecule has 0 saturated carbocycles. The fourth-order valence-corrected chi connectivity index (χ4v) is 4.32. The van der Waals surface area contributed by atoms with E-state index in [9.17, 15) is 23.1 Å². The van der Waals surface area contributed by atoms with E-state index in [1.54, 1.807) is 12.1 Å². The summed E-state index contributed by atoms with van der Waals surface area (Å²) in [6.07, 6.45) is -4.48. The summed E-state index contributed by atoms with van der Waals surface area (Å²) in [5, 5.41) is 16.5. The highest BCUT2D eigenvalue weighted by molar-refractivity contribution is 7.14. The number of aromatic nitrogens is 1. The molecule has 1 aromatic heterocycles. The van der Waals surface area contributed by atoms with Gasteiger partial charge in [0, 0.05) is 10.9 Å². The summed E-state index contributed by atoms with van der Waals surface area (Å²) in [5.74, 6) is -2.03. The van der Waals surface area contributed by atoms with Crippen LogP contribution in [-0.4, -0.2) is 40.8 Å². The number of ether oxygens (including phenoxy) is 1. The number of fused-ring (bicyclic) bond motifs is 3. The second-order valence-electron chi connectivity index (χ2n) is 6.28. The predicted molar refractivity (Wildman–Crippen MR) is 91.7 cm³/mol. The molecule has 2 heterocycles. The standard InChI is InChI=1S/C17H14F3N3O3S/c1-26-14(24)12-8-27-15(21-12)23-16(25,17(18,19)20)11-7-6-9-4-2-3-5-10(9)13(11)22-23/h2-5,8,11,25H,6-7H2,1H3/t11-,16+/m1/s1. The Balaban J connectivity index is 1.85. The van der Waals surface area contributed by atoms with Gasteiger partial charge < -0.3 is 9.84 Å². The Labute approximate surface area is 155 Å². The van der Waals surface area contributed by atoms with Crippen molar-refractivity contribution in [1.82, 2.24) is 4.98 Å². The number of benzene rings is 1. The lowest BCUT2D eigenvalue weighted by Gasteiger charge is -2.38. The normalized spacial score (nSPS) is 24.3. The predicted octanol–water partition coefficient (Wildman–Crippen LogP) is 2.97. The number of nitrogens with zero attached hydrogens (tertiary/aromatic N) is 3. The topological polar surface area (TPSA) is 75.0 Å². The first kappa shape index (κ1) is 17.9. The Morgan fingerprint density at radius 2 is 2.15 bits per heavy atom. The number of thiazole rings is 1.